The summed E-state index contributed by atoms with van der Waals surface area (Å²) in [5.74, 6) is -0.439. The van der Waals surface area contributed by atoms with Crippen molar-refractivity contribution in [2.75, 3.05) is 10.6 Å². The van der Waals surface area contributed by atoms with Gasteiger partial charge >= 0.3 is 0 Å². The Morgan fingerprint density at radius 3 is 2.81 bits per heavy atom. The zero-order valence-electron chi connectivity index (χ0n) is 16.8. The third-order valence-corrected chi connectivity index (χ3v) is 5.83. The molecule has 32 heavy (non-hydrogen) atoms. The number of nitrogens with one attached hydrogen (secondary N) is 3. The average molecular weight is 463 g/mol. The summed E-state index contributed by atoms with van der Waals surface area (Å²) >= 11 is 6.37. The van der Waals surface area contributed by atoms with Gasteiger partial charge in [-0.1, -0.05) is 11.6 Å². The molecule has 166 valence electrons. The number of benzene rings is 1. The number of rotatable bonds is 6. The molecule has 7 nitrogen and oxygen atoms in total. The number of halogens is 4. The quantitative estimate of drug-likeness (QED) is 0.373. The lowest BCUT2D eigenvalue weighted by atomic mass is 10.0. The molecule has 0 spiro atoms. The largest absolute Gasteiger partial charge is 0.373 e. The molecule has 3 heterocycles. The van der Waals surface area contributed by atoms with E-state index in [0.717, 1.165) is 12.8 Å². The summed E-state index contributed by atoms with van der Waals surface area (Å²) in [7, 11) is 0. The molecule has 0 aliphatic heterocycles. The second-order valence-corrected chi connectivity index (χ2v) is 8.25. The monoisotopic (exact) mass is 462 g/mol. The fourth-order valence-electron chi connectivity index (χ4n) is 3.60. The van der Waals surface area contributed by atoms with Crippen LogP contribution in [0.25, 0.3) is 27.7 Å². The Kier molecular flexibility index (Phi) is 4.96. The fourth-order valence-corrected chi connectivity index (χ4v) is 3.90. The third-order valence-electron chi connectivity index (χ3n) is 5.48. The highest BCUT2D eigenvalue weighted by molar-refractivity contribution is 6.36. The van der Waals surface area contributed by atoms with E-state index in [9.17, 15) is 13.6 Å². The van der Waals surface area contributed by atoms with Crippen molar-refractivity contribution in [3.63, 3.8) is 0 Å². The summed E-state index contributed by atoms with van der Waals surface area (Å²) in [6.07, 6.45) is 3.91. The second kappa shape index (κ2) is 7.70. The maximum absolute atomic E-state index is 15.2. The van der Waals surface area contributed by atoms with E-state index in [2.05, 4.69) is 25.8 Å². The van der Waals surface area contributed by atoms with Crippen LogP contribution in [0.4, 0.5) is 24.7 Å². The highest BCUT2D eigenvalue weighted by atomic mass is 35.5. The van der Waals surface area contributed by atoms with Crippen molar-refractivity contribution in [3.05, 3.63) is 41.6 Å². The number of hydrogen-bond donors (Lipinski definition) is 3. The SMILES string of the molecule is CC(Nc1c(F)c(Cl)c(-c2ccc3nc(NC(=O)C4CC4)cn3c2)c2cn[nH]c12)C(F)F. The minimum Gasteiger partial charge on any atom is -0.373 e. The molecule has 0 saturated heterocycles. The number of aromatic nitrogens is 4. The van der Waals surface area contributed by atoms with Gasteiger partial charge in [0.1, 0.15) is 5.65 Å². The molecular weight excluding hydrogens is 445 g/mol. The topological polar surface area (TPSA) is 87.1 Å². The van der Waals surface area contributed by atoms with Gasteiger partial charge in [0.05, 0.1) is 34.7 Å². The zero-order chi connectivity index (χ0) is 22.6. The summed E-state index contributed by atoms with van der Waals surface area (Å²) in [5, 5.41) is 12.2. The van der Waals surface area contributed by atoms with Gasteiger partial charge in [0.2, 0.25) is 5.91 Å². The molecule has 1 aliphatic rings. The van der Waals surface area contributed by atoms with Gasteiger partial charge in [-0.15, -0.1) is 0 Å². The van der Waals surface area contributed by atoms with Crippen molar-refractivity contribution in [1.82, 2.24) is 19.6 Å². The molecule has 1 saturated carbocycles. The Morgan fingerprint density at radius 2 is 2.09 bits per heavy atom. The molecule has 1 aromatic carbocycles. The smallest absolute Gasteiger partial charge is 0.258 e. The number of H-pyrrole nitrogens is 1. The number of anilines is 2. The molecule has 0 radical (unpaired) electrons. The van der Waals surface area contributed by atoms with E-state index in [1.807, 2.05) is 0 Å². The fraction of sp³-hybridized carbons (Fsp3) is 0.286. The normalized spacial score (nSPS) is 14.9. The molecular formula is C21H18ClF3N6O. The van der Waals surface area contributed by atoms with Crippen LogP contribution in [0.15, 0.2) is 30.7 Å². The molecule has 11 heteroatoms. The first-order valence-electron chi connectivity index (χ1n) is 10.0. The molecule has 0 bridgehead atoms. The van der Waals surface area contributed by atoms with E-state index in [0.29, 0.717) is 28.0 Å². The lowest BCUT2D eigenvalue weighted by Gasteiger charge is -2.18. The van der Waals surface area contributed by atoms with Gasteiger partial charge < -0.3 is 15.0 Å². The summed E-state index contributed by atoms with van der Waals surface area (Å²) in [4.78, 5) is 16.4. The molecule has 1 atom stereocenters. The van der Waals surface area contributed by atoms with Gasteiger partial charge in [-0.25, -0.2) is 18.2 Å². The number of alkyl halides is 2. The van der Waals surface area contributed by atoms with Crippen molar-refractivity contribution in [1.29, 1.82) is 0 Å². The lowest BCUT2D eigenvalue weighted by Crippen LogP contribution is -2.24. The van der Waals surface area contributed by atoms with E-state index in [4.69, 9.17) is 11.6 Å². The number of hydrogen-bond acceptors (Lipinski definition) is 4. The average Bonchev–Trinajstić information content (AvgIpc) is 3.38. The van der Waals surface area contributed by atoms with E-state index in [1.165, 1.54) is 13.1 Å². The Labute approximate surface area is 185 Å². The number of carbonyl (C=O) groups is 1. The predicted octanol–water partition coefficient (Wildman–Crippen LogP) is 5.08. The maximum atomic E-state index is 15.2. The van der Waals surface area contributed by atoms with Crippen molar-refractivity contribution in [3.8, 4) is 11.1 Å². The number of imidazole rings is 1. The van der Waals surface area contributed by atoms with Gasteiger partial charge in [0.15, 0.2) is 11.6 Å². The number of nitrogens with zero attached hydrogens (tertiary/aromatic N) is 3. The summed E-state index contributed by atoms with van der Waals surface area (Å²) in [5.41, 5.74) is 1.59. The Hall–Kier alpha value is -3.27. The first kappa shape index (κ1) is 20.6. The molecule has 1 unspecified atom stereocenters. The standard InChI is InChI=1S/C21H18ClF3N6O/c1-9(20(24)25)27-19-17(23)16(22)15(12-6-26-30-18(12)19)11-4-5-14-28-13(8-31(14)7-11)29-21(32)10-2-3-10/h4-10,20,27H,2-3H2,1H3,(H,26,30)(H,29,32). The number of fused-ring (bicyclic) bond motifs is 2. The number of carbonyl (C=O) groups excluding carboxylic acids is 1. The van der Waals surface area contributed by atoms with Gasteiger partial charge in [-0.05, 0) is 31.9 Å². The van der Waals surface area contributed by atoms with E-state index < -0.39 is 18.3 Å². The van der Waals surface area contributed by atoms with Gasteiger partial charge in [-0.3, -0.25) is 9.89 Å². The Balaban J connectivity index is 1.57. The first-order valence-corrected chi connectivity index (χ1v) is 10.4. The van der Waals surface area contributed by atoms with Crippen LogP contribution in [0, 0.1) is 11.7 Å². The van der Waals surface area contributed by atoms with Crippen LogP contribution in [-0.2, 0) is 4.79 Å². The highest BCUT2D eigenvalue weighted by Gasteiger charge is 2.30. The van der Waals surface area contributed by atoms with Gasteiger partial charge in [0.25, 0.3) is 6.43 Å². The van der Waals surface area contributed by atoms with Crippen LogP contribution in [0.5, 0.6) is 0 Å². The maximum Gasteiger partial charge on any atom is 0.258 e. The second-order valence-electron chi connectivity index (χ2n) is 7.88. The number of pyridine rings is 1. The zero-order valence-corrected chi connectivity index (χ0v) is 17.6. The Morgan fingerprint density at radius 1 is 1.31 bits per heavy atom. The van der Waals surface area contributed by atoms with Crippen LogP contribution in [0.1, 0.15) is 19.8 Å². The minimum atomic E-state index is -2.69. The van der Waals surface area contributed by atoms with Gasteiger partial charge in [-0.2, -0.15) is 5.10 Å². The molecule has 4 aromatic rings. The minimum absolute atomic E-state index is 0.0476. The van der Waals surface area contributed by atoms with Crippen LogP contribution < -0.4 is 10.6 Å². The first-order chi connectivity index (χ1) is 15.3. The molecule has 3 N–H and O–H groups in total. The van der Waals surface area contributed by atoms with E-state index >= 15 is 4.39 Å². The van der Waals surface area contributed by atoms with Crippen LogP contribution in [-0.4, -0.2) is 38.0 Å². The summed E-state index contributed by atoms with van der Waals surface area (Å²) in [6.45, 7) is 1.25. The third kappa shape index (κ3) is 3.54. The summed E-state index contributed by atoms with van der Waals surface area (Å²) in [6, 6.07) is 2.15. The van der Waals surface area contributed by atoms with E-state index in [-0.39, 0.29) is 28.1 Å². The van der Waals surface area contributed by atoms with Crippen molar-refractivity contribution in [2.45, 2.75) is 32.2 Å². The van der Waals surface area contributed by atoms with Crippen molar-refractivity contribution >= 4 is 45.6 Å². The van der Waals surface area contributed by atoms with Crippen molar-refractivity contribution in [2.24, 2.45) is 5.92 Å². The molecule has 5 rings (SSSR count). The van der Waals surface area contributed by atoms with Gasteiger partial charge in [0, 0.05) is 28.6 Å². The molecule has 1 fully saturated rings. The predicted molar refractivity (Wildman–Crippen MR) is 116 cm³/mol. The van der Waals surface area contributed by atoms with Crippen LogP contribution in [0.2, 0.25) is 5.02 Å². The molecule has 3 aromatic heterocycles. The van der Waals surface area contributed by atoms with Crippen LogP contribution in [0.3, 0.4) is 0 Å². The summed E-state index contributed by atoms with van der Waals surface area (Å²) < 4.78 is 42.9. The highest BCUT2D eigenvalue weighted by Crippen LogP contribution is 2.41. The Bertz CT molecular complexity index is 1350. The van der Waals surface area contributed by atoms with Crippen LogP contribution >= 0.6 is 11.6 Å². The molecule has 1 amide bonds. The lowest BCUT2D eigenvalue weighted by molar-refractivity contribution is -0.117. The van der Waals surface area contributed by atoms with Crippen molar-refractivity contribution < 1.29 is 18.0 Å². The molecule has 1 aliphatic carbocycles. The number of amides is 1. The van der Waals surface area contributed by atoms with E-state index in [1.54, 1.807) is 28.9 Å². The number of aromatic amines is 1.